The number of nitrogen functional groups attached to an aromatic ring is 1. The van der Waals surface area contributed by atoms with E-state index in [9.17, 15) is 22.8 Å². The number of nitrogens with one attached hydrogen (secondary N) is 1. The van der Waals surface area contributed by atoms with Crippen LogP contribution >= 0.6 is 0 Å². The smallest absolute Gasteiger partial charge is 0.399 e. The number of anilines is 1. The number of carbonyl (C=O) groups excluding carboxylic acids is 1. The Labute approximate surface area is 181 Å². The van der Waals surface area contributed by atoms with Gasteiger partial charge in [-0.1, -0.05) is 18.2 Å². The quantitative estimate of drug-likeness (QED) is 0.580. The number of hydrogen-bond acceptors (Lipinski definition) is 4. The Bertz CT molecular complexity index is 1220. The number of alkyl halides is 3. The van der Waals surface area contributed by atoms with Gasteiger partial charge in [0.25, 0.3) is 11.5 Å². The second kappa shape index (κ2) is 8.14. The first-order valence-corrected chi connectivity index (χ1v) is 10.1. The molecule has 1 aromatic heterocycles. The number of rotatable bonds is 5. The molecular formula is C23H21F3N4O2. The van der Waals surface area contributed by atoms with Crippen molar-refractivity contribution in [2.45, 2.75) is 37.9 Å². The second-order valence-corrected chi connectivity index (χ2v) is 7.89. The Morgan fingerprint density at radius 3 is 2.47 bits per heavy atom. The number of amides is 1. The molecule has 1 heterocycles. The van der Waals surface area contributed by atoms with Crippen LogP contribution in [0, 0.1) is 0 Å². The van der Waals surface area contributed by atoms with E-state index in [0.29, 0.717) is 11.3 Å². The van der Waals surface area contributed by atoms with Gasteiger partial charge in [-0.3, -0.25) is 9.59 Å². The van der Waals surface area contributed by atoms with Crippen LogP contribution in [0.1, 0.15) is 58.9 Å². The summed E-state index contributed by atoms with van der Waals surface area (Å²) in [5, 5.41) is 7.01. The SMILES string of the molecule is CC(NC(=O)c1nn(-c2ccccc2)c(=O)cc1C1CC1)c1cc(N)cc(C(F)(F)F)c1. The van der Waals surface area contributed by atoms with Gasteiger partial charge in [0, 0.05) is 11.8 Å². The van der Waals surface area contributed by atoms with Crippen molar-refractivity contribution in [3.8, 4) is 5.69 Å². The van der Waals surface area contributed by atoms with Crippen molar-refractivity contribution in [1.29, 1.82) is 0 Å². The zero-order valence-corrected chi connectivity index (χ0v) is 17.2. The van der Waals surface area contributed by atoms with Gasteiger partial charge in [0.1, 0.15) is 0 Å². The standard InChI is InChI=1S/C23H21F3N4O2/c1-13(15-9-16(23(24,25)26)11-17(27)10-15)28-22(32)21-19(14-7-8-14)12-20(31)30(29-21)18-5-3-2-4-6-18/h2-6,9-14H,7-8,27H2,1H3,(H,28,32). The summed E-state index contributed by atoms with van der Waals surface area (Å²) in [5.74, 6) is -0.499. The fourth-order valence-electron chi connectivity index (χ4n) is 3.54. The molecule has 1 amide bonds. The van der Waals surface area contributed by atoms with Gasteiger partial charge >= 0.3 is 6.18 Å². The highest BCUT2D eigenvalue weighted by atomic mass is 19.4. The summed E-state index contributed by atoms with van der Waals surface area (Å²) in [7, 11) is 0. The molecule has 1 atom stereocenters. The van der Waals surface area contributed by atoms with Crippen LogP contribution in [-0.4, -0.2) is 15.7 Å². The molecule has 1 aliphatic carbocycles. The molecule has 0 bridgehead atoms. The van der Waals surface area contributed by atoms with E-state index in [4.69, 9.17) is 5.73 Å². The van der Waals surface area contributed by atoms with Crippen molar-refractivity contribution in [3.05, 3.63) is 87.3 Å². The largest absolute Gasteiger partial charge is 0.416 e. The van der Waals surface area contributed by atoms with E-state index < -0.39 is 23.7 Å². The topological polar surface area (TPSA) is 90.0 Å². The van der Waals surface area contributed by atoms with E-state index in [2.05, 4.69) is 10.4 Å². The maximum absolute atomic E-state index is 13.1. The van der Waals surface area contributed by atoms with E-state index in [-0.39, 0.29) is 28.4 Å². The van der Waals surface area contributed by atoms with Crippen LogP contribution in [-0.2, 0) is 6.18 Å². The summed E-state index contributed by atoms with van der Waals surface area (Å²) in [6.07, 6.45) is -2.87. The first kappa shape index (κ1) is 21.6. The van der Waals surface area contributed by atoms with E-state index >= 15 is 0 Å². The van der Waals surface area contributed by atoms with E-state index in [1.807, 2.05) is 0 Å². The van der Waals surface area contributed by atoms with E-state index in [1.165, 1.54) is 12.1 Å². The highest BCUT2D eigenvalue weighted by molar-refractivity contribution is 5.94. The zero-order chi connectivity index (χ0) is 23.0. The van der Waals surface area contributed by atoms with Gasteiger partial charge in [-0.15, -0.1) is 0 Å². The van der Waals surface area contributed by atoms with Gasteiger partial charge in [-0.25, -0.2) is 0 Å². The number of hydrogen-bond donors (Lipinski definition) is 2. The Morgan fingerprint density at radius 1 is 1.16 bits per heavy atom. The minimum Gasteiger partial charge on any atom is -0.399 e. The molecule has 6 nitrogen and oxygen atoms in total. The molecule has 0 aliphatic heterocycles. The summed E-state index contributed by atoms with van der Waals surface area (Å²) >= 11 is 0. The summed E-state index contributed by atoms with van der Waals surface area (Å²) in [6, 6.07) is 12.5. The van der Waals surface area contributed by atoms with Crippen molar-refractivity contribution >= 4 is 11.6 Å². The Morgan fingerprint density at radius 2 is 1.84 bits per heavy atom. The molecule has 1 unspecified atom stereocenters. The van der Waals surface area contributed by atoms with E-state index in [0.717, 1.165) is 29.7 Å². The van der Waals surface area contributed by atoms with Gasteiger partial charge < -0.3 is 11.1 Å². The van der Waals surface area contributed by atoms with Crippen molar-refractivity contribution < 1.29 is 18.0 Å². The molecular weight excluding hydrogens is 421 g/mol. The summed E-state index contributed by atoms with van der Waals surface area (Å²) in [4.78, 5) is 25.7. The maximum Gasteiger partial charge on any atom is 0.416 e. The monoisotopic (exact) mass is 442 g/mol. The van der Waals surface area contributed by atoms with Crippen LogP contribution in [0.2, 0.25) is 0 Å². The number of carbonyl (C=O) groups is 1. The van der Waals surface area contributed by atoms with Crippen LogP contribution in [0.4, 0.5) is 18.9 Å². The Balaban J connectivity index is 1.67. The number of para-hydroxylation sites is 1. The molecule has 32 heavy (non-hydrogen) atoms. The molecule has 3 aromatic rings. The average molecular weight is 442 g/mol. The number of nitrogens with zero attached hydrogens (tertiary/aromatic N) is 2. The average Bonchev–Trinajstić information content (AvgIpc) is 3.58. The molecule has 4 rings (SSSR count). The third kappa shape index (κ3) is 4.51. The lowest BCUT2D eigenvalue weighted by Crippen LogP contribution is -2.32. The molecule has 0 radical (unpaired) electrons. The lowest BCUT2D eigenvalue weighted by molar-refractivity contribution is -0.137. The fraction of sp³-hybridized carbons (Fsp3) is 0.261. The van der Waals surface area contributed by atoms with Crippen LogP contribution in [0.3, 0.4) is 0 Å². The Hall–Kier alpha value is -3.62. The maximum atomic E-state index is 13.1. The predicted molar refractivity (Wildman–Crippen MR) is 114 cm³/mol. The van der Waals surface area contributed by atoms with E-state index in [1.54, 1.807) is 37.3 Å². The van der Waals surface area contributed by atoms with Gasteiger partial charge in [0.2, 0.25) is 0 Å². The van der Waals surface area contributed by atoms with Gasteiger partial charge in [-0.05, 0) is 67.1 Å². The molecule has 1 aliphatic rings. The summed E-state index contributed by atoms with van der Waals surface area (Å²) < 4.78 is 40.6. The zero-order valence-electron chi connectivity index (χ0n) is 17.2. The third-order valence-corrected chi connectivity index (χ3v) is 5.35. The number of aromatic nitrogens is 2. The minimum atomic E-state index is -4.56. The van der Waals surface area contributed by atoms with Gasteiger partial charge in [-0.2, -0.15) is 23.0 Å². The van der Waals surface area contributed by atoms with Gasteiger partial charge in [0.05, 0.1) is 17.3 Å². The highest BCUT2D eigenvalue weighted by Crippen LogP contribution is 2.41. The van der Waals surface area contributed by atoms with Crippen molar-refractivity contribution in [2.75, 3.05) is 5.73 Å². The van der Waals surface area contributed by atoms with Crippen LogP contribution < -0.4 is 16.6 Å². The second-order valence-electron chi connectivity index (χ2n) is 7.89. The van der Waals surface area contributed by atoms with Crippen molar-refractivity contribution in [1.82, 2.24) is 15.1 Å². The lowest BCUT2D eigenvalue weighted by atomic mass is 10.0. The van der Waals surface area contributed by atoms with Crippen molar-refractivity contribution in [3.63, 3.8) is 0 Å². The molecule has 9 heteroatoms. The molecule has 166 valence electrons. The molecule has 1 saturated carbocycles. The van der Waals surface area contributed by atoms with Crippen LogP contribution in [0.5, 0.6) is 0 Å². The lowest BCUT2D eigenvalue weighted by Gasteiger charge is -2.18. The first-order valence-electron chi connectivity index (χ1n) is 10.1. The van der Waals surface area contributed by atoms with Gasteiger partial charge in [0.15, 0.2) is 5.69 Å². The molecule has 3 N–H and O–H groups in total. The summed E-state index contributed by atoms with van der Waals surface area (Å²) in [5.41, 5.74) is 5.72. The van der Waals surface area contributed by atoms with Crippen LogP contribution in [0.25, 0.3) is 5.69 Å². The minimum absolute atomic E-state index is 0.0506. The number of benzene rings is 2. The third-order valence-electron chi connectivity index (χ3n) is 5.35. The summed E-state index contributed by atoms with van der Waals surface area (Å²) in [6.45, 7) is 1.57. The number of halogens is 3. The van der Waals surface area contributed by atoms with Crippen LogP contribution in [0.15, 0.2) is 59.4 Å². The number of nitrogens with two attached hydrogens (primary N) is 1. The molecule has 2 aromatic carbocycles. The predicted octanol–water partition coefficient (Wildman–Crippen LogP) is 4.20. The first-order chi connectivity index (χ1) is 15.1. The Kier molecular flexibility index (Phi) is 5.50. The van der Waals surface area contributed by atoms with Crippen molar-refractivity contribution in [2.24, 2.45) is 0 Å². The fourth-order valence-corrected chi connectivity index (χ4v) is 3.54. The molecule has 0 spiro atoms. The normalized spacial score (nSPS) is 14.8. The molecule has 0 saturated heterocycles. The highest BCUT2D eigenvalue weighted by Gasteiger charge is 2.33. The molecule has 1 fully saturated rings.